The van der Waals surface area contributed by atoms with Crippen molar-refractivity contribution in [2.24, 2.45) is 11.3 Å². The highest BCUT2D eigenvalue weighted by Crippen LogP contribution is 2.26. The van der Waals surface area contributed by atoms with Gasteiger partial charge in [-0.1, -0.05) is 45.0 Å². The van der Waals surface area contributed by atoms with Crippen molar-refractivity contribution >= 4 is 10.8 Å². The predicted molar refractivity (Wildman–Crippen MR) is 119 cm³/mol. The molecule has 2 aromatic rings. The SMILES string of the molecule is CS(=O)c1ccc(-c2ccc(CCC3CCN(CC(C)(C)C)CC3)cc2)nc1. The van der Waals surface area contributed by atoms with Crippen LogP contribution in [0.5, 0.6) is 0 Å². The van der Waals surface area contributed by atoms with E-state index in [2.05, 4.69) is 54.9 Å². The summed E-state index contributed by atoms with van der Waals surface area (Å²) in [7, 11) is -0.976. The monoisotopic (exact) mass is 398 g/mol. The van der Waals surface area contributed by atoms with Crippen molar-refractivity contribution in [2.75, 3.05) is 25.9 Å². The zero-order valence-corrected chi connectivity index (χ0v) is 18.6. The van der Waals surface area contributed by atoms with E-state index >= 15 is 0 Å². The number of pyridine rings is 1. The summed E-state index contributed by atoms with van der Waals surface area (Å²) in [5, 5.41) is 0. The Morgan fingerprint density at radius 3 is 2.29 bits per heavy atom. The third-order valence-corrected chi connectivity index (χ3v) is 6.47. The number of aryl methyl sites for hydroxylation is 1. The Hall–Kier alpha value is -1.52. The van der Waals surface area contributed by atoms with Gasteiger partial charge in [0.1, 0.15) is 0 Å². The zero-order chi connectivity index (χ0) is 20.1. The van der Waals surface area contributed by atoms with Crippen LogP contribution in [0.25, 0.3) is 11.3 Å². The maximum atomic E-state index is 11.5. The fourth-order valence-corrected chi connectivity index (χ4v) is 4.50. The van der Waals surface area contributed by atoms with Crippen molar-refractivity contribution in [2.45, 2.75) is 51.3 Å². The minimum Gasteiger partial charge on any atom is -0.303 e. The van der Waals surface area contributed by atoms with Crippen molar-refractivity contribution < 1.29 is 4.21 Å². The van der Waals surface area contributed by atoms with Crippen molar-refractivity contribution in [1.82, 2.24) is 9.88 Å². The summed E-state index contributed by atoms with van der Waals surface area (Å²) >= 11 is 0. The van der Waals surface area contributed by atoms with E-state index in [1.54, 1.807) is 12.5 Å². The lowest BCUT2D eigenvalue weighted by Gasteiger charge is -2.36. The first-order valence-electron chi connectivity index (χ1n) is 10.4. The van der Waals surface area contributed by atoms with E-state index in [-0.39, 0.29) is 0 Å². The summed E-state index contributed by atoms with van der Waals surface area (Å²) in [5.74, 6) is 0.861. The molecule has 0 N–H and O–H groups in total. The molecule has 0 bridgehead atoms. The van der Waals surface area contributed by atoms with Crippen LogP contribution in [0.2, 0.25) is 0 Å². The maximum Gasteiger partial charge on any atom is 0.0702 e. The predicted octanol–water partition coefficient (Wildman–Crippen LogP) is 5.18. The Morgan fingerprint density at radius 2 is 1.75 bits per heavy atom. The Morgan fingerprint density at radius 1 is 1.07 bits per heavy atom. The van der Waals surface area contributed by atoms with Gasteiger partial charge >= 0.3 is 0 Å². The van der Waals surface area contributed by atoms with Crippen LogP contribution in [0.1, 0.15) is 45.6 Å². The fraction of sp³-hybridized carbons (Fsp3) is 0.542. The smallest absolute Gasteiger partial charge is 0.0702 e. The lowest BCUT2D eigenvalue weighted by atomic mass is 9.88. The highest BCUT2D eigenvalue weighted by Gasteiger charge is 2.22. The van der Waals surface area contributed by atoms with Gasteiger partial charge in [-0.15, -0.1) is 0 Å². The van der Waals surface area contributed by atoms with E-state index in [4.69, 9.17) is 0 Å². The van der Waals surface area contributed by atoms with Crippen LogP contribution in [-0.4, -0.2) is 40.0 Å². The highest BCUT2D eigenvalue weighted by atomic mass is 32.2. The Labute approximate surface area is 173 Å². The quantitative estimate of drug-likeness (QED) is 0.672. The first kappa shape index (κ1) is 21.2. The minimum absolute atomic E-state index is 0.400. The van der Waals surface area contributed by atoms with Gasteiger partial charge in [-0.3, -0.25) is 9.19 Å². The number of hydrogen-bond acceptors (Lipinski definition) is 3. The van der Waals surface area contributed by atoms with E-state index in [0.29, 0.717) is 5.41 Å². The molecule has 152 valence electrons. The summed E-state index contributed by atoms with van der Waals surface area (Å²) in [6.45, 7) is 10.7. The van der Waals surface area contributed by atoms with Gasteiger partial charge in [0.2, 0.25) is 0 Å². The molecule has 3 nitrogen and oxygen atoms in total. The lowest BCUT2D eigenvalue weighted by molar-refractivity contribution is 0.133. The molecule has 0 radical (unpaired) electrons. The number of hydrogen-bond donors (Lipinski definition) is 0. The van der Waals surface area contributed by atoms with Crippen molar-refractivity contribution in [1.29, 1.82) is 0 Å². The lowest BCUT2D eigenvalue weighted by Crippen LogP contribution is -2.39. The zero-order valence-electron chi connectivity index (χ0n) is 17.8. The summed E-state index contributed by atoms with van der Waals surface area (Å²) in [4.78, 5) is 7.86. The van der Waals surface area contributed by atoms with Gasteiger partial charge in [-0.25, -0.2) is 0 Å². The third-order valence-electron chi connectivity index (χ3n) is 5.56. The Kier molecular flexibility index (Phi) is 7.05. The molecular weight excluding hydrogens is 364 g/mol. The first-order chi connectivity index (χ1) is 13.3. The number of nitrogens with zero attached hydrogens (tertiary/aromatic N) is 2. The molecule has 0 aliphatic carbocycles. The first-order valence-corrected chi connectivity index (χ1v) is 12.0. The van der Waals surface area contributed by atoms with Crippen molar-refractivity contribution in [3.05, 3.63) is 48.2 Å². The van der Waals surface area contributed by atoms with Gasteiger partial charge in [0.15, 0.2) is 0 Å². The number of rotatable bonds is 6. The molecule has 1 fully saturated rings. The molecule has 1 atom stereocenters. The molecule has 0 saturated carbocycles. The van der Waals surface area contributed by atoms with E-state index in [0.717, 1.165) is 28.5 Å². The van der Waals surface area contributed by atoms with Crippen LogP contribution >= 0.6 is 0 Å². The summed E-state index contributed by atoms with van der Waals surface area (Å²) < 4.78 is 11.5. The van der Waals surface area contributed by atoms with Gasteiger partial charge in [-0.2, -0.15) is 0 Å². The molecule has 1 saturated heterocycles. The van der Waals surface area contributed by atoms with Crippen LogP contribution in [0.15, 0.2) is 47.5 Å². The van der Waals surface area contributed by atoms with Crippen molar-refractivity contribution in [3.8, 4) is 11.3 Å². The average molecular weight is 399 g/mol. The molecule has 1 aromatic carbocycles. The van der Waals surface area contributed by atoms with Crippen LogP contribution in [0, 0.1) is 11.3 Å². The van der Waals surface area contributed by atoms with Crippen LogP contribution in [0.4, 0.5) is 0 Å². The molecule has 2 heterocycles. The third kappa shape index (κ3) is 6.25. The fourth-order valence-electron chi connectivity index (χ4n) is 4.04. The molecule has 1 aliphatic rings. The van der Waals surface area contributed by atoms with E-state index in [9.17, 15) is 4.21 Å². The maximum absolute atomic E-state index is 11.5. The summed E-state index contributed by atoms with van der Waals surface area (Å²) in [6.07, 6.45) is 8.51. The van der Waals surface area contributed by atoms with Crippen molar-refractivity contribution in [3.63, 3.8) is 0 Å². The molecule has 4 heteroatoms. The van der Waals surface area contributed by atoms with Crippen LogP contribution in [-0.2, 0) is 17.2 Å². The average Bonchev–Trinajstić information content (AvgIpc) is 2.67. The number of piperidine rings is 1. The molecule has 1 aliphatic heterocycles. The normalized spacial score (nSPS) is 17.6. The highest BCUT2D eigenvalue weighted by molar-refractivity contribution is 7.84. The van der Waals surface area contributed by atoms with Crippen LogP contribution in [0.3, 0.4) is 0 Å². The number of benzene rings is 1. The number of likely N-dealkylation sites (tertiary alicyclic amines) is 1. The Balaban J connectivity index is 1.48. The second-order valence-corrected chi connectivity index (χ2v) is 10.7. The second-order valence-electron chi connectivity index (χ2n) is 9.35. The van der Waals surface area contributed by atoms with Gasteiger partial charge in [0.25, 0.3) is 0 Å². The largest absolute Gasteiger partial charge is 0.303 e. The van der Waals surface area contributed by atoms with Gasteiger partial charge in [-0.05, 0) is 67.8 Å². The van der Waals surface area contributed by atoms with Gasteiger partial charge < -0.3 is 4.90 Å². The van der Waals surface area contributed by atoms with E-state index < -0.39 is 10.8 Å². The molecule has 0 amide bonds. The molecule has 0 spiro atoms. The minimum atomic E-state index is -0.976. The van der Waals surface area contributed by atoms with E-state index in [1.165, 1.54) is 44.5 Å². The summed E-state index contributed by atoms with van der Waals surface area (Å²) in [5.41, 5.74) is 3.86. The van der Waals surface area contributed by atoms with Crippen LogP contribution < -0.4 is 0 Å². The second kappa shape index (κ2) is 9.32. The number of aromatic nitrogens is 1. The summed E-state index contributed by atoms with van der Waals surface area (Å²) in [6, 6.07) is 12.6. The molecule has 1 aromatic heterocycles. The molecule has 3 rings (SSSR count). The molecular formula is C24H34N2OS. The molecule has 1 unspecified atom stereocenters. The van der Waals surface area contributed by atoms with E-state index in [1.807, 2.05) is 12.1 Å². The standard InChI is InChI=1S/C24H34N2OS/c1-24(2,3)18-26-15-13-20(14-16-26)6-5-19-7-9-21(10-8-19)23-12-11-22(17-25-23)28(4)27/h7-12,17,20H,5-6,13-16,18H2,1-4H3. The van der Waals surface area contributed by atoms with Gasteiger partial charge in [0.05, 0.1) is 21.4 Å². The molecule has 28 heavy (non-hydrogen) atoms. The topological polar surface area (TPSA) is 33.2 Å². The van der Waals surface area contributed by atoms with Gasteiger partial charge in [0, 0.05) is 24.6 Å². The Bertz CT molecular complexity index is 770.